The SMILES string of the molecule is CC(C)(C)OC(=O)NC1CCN(C(=O)Cc2cccc(NC(=O)c3[nH]nc4c3C(C)(C)Cc3cnc(N)nc3-4)c2)CC1. The third-order valence-corrected chi connectivity index (χ3v) is 7.52. The number of benzene rings is 1. The highest BCUT2D eigenvalue weighted by Crippen LogP contribution is 2.42. The highest BCUT2D eigenvalue weighted by molar-refractivity contribution is 6.05. The van der Waals surface area contributed by atoms with Crippen LogP contribution in [-0.2, 0) is 27.8 Å². The number of rotatable bonds is 5. The molecule has 0 unspecified atom stereocenters. The first kappa shape index (κ1) is 29.0. The Morgan fingerprint density at radius 1 is 1.17 bits per heavy atom. The van der Waals surface area contributed by atoms with Gasteiger partial charge >= 0.3 is 6.09 Å². The number of carbonyl (C=O) groups is 3. The molecule has 5 N–H and O–H groups in total. The number of nitrogen functional groups attached to an aromatic ring is 1. The molecule has 1 aromatic carbocycles. The van der Waals surface area contributed by atoms with Gasteiger partial charge in [0.05, 0.1) is 12.1 Å². The van der Waals surface area contributed by atoms with E-state index in [1.165, 1.54) is 0 Å². The Morgan fingerprint density at radius 3 is 2.62 bits per heavy atom. The van der Waals surface area contributed by atoms with E-state index in [1.54, 1.807) is 12.3 Å². The fourth-order valence-corrected chi connectivity index (χ4v) is 5.64. The summed E-state index contributed by atoms with van der Waals surface area (Å²) in [5, 5.41) is 13.2. The van der Waals surface area contributed by atoms with Gasteiger partial charge < -0.3 is 26.0 Å². The number of fused-ring (bicyclic) bond motifs is 3. The zero-order chi connectivity index (χ0) is 30.2. The number of amides is 3. The van der Waals surface area contributed by atoms with E-state index in [-0.39, 0.29) is 35.6 Å². The third kappa shape index (κ3) is 6.37. The molecule has 12 heteroatoms. The van der Waals surface area contributed by atoms with E-state index in [1.807, 2.05) is 43.9 Å². The molecule has 3 heterocycles. The van der Waals surface area contributed by atoms with Crippen molar-refractivity contribution in [1.82, 2.24) is 30.4 Å². The number of H-pyrrole nitrogens is 1. The Hall–Kier alpha value is -4.48. The Morgan fingerprint density at radius 2 is 1.90 bits per heavy atom. The molecule has 2 aliphatic rings. The second-order valence-corrected chi connectivity index (χ2v) is 12.6. The van der Waals surface area contributed by atoms with Crippen molar-refractivity contribution in [1.29, 1.82) is 0 Å². The van der Waals surface area contributed by atoms with E-state index in [2.05, 4.69) is 44.6 Å². The minimum atomic E-state index is -0.556. The number of hydrogen-bond donors (Lipinski definition) is 4. The number of nitrogens with two attached hydrogens (primary N) is 1. The number of piperidine rings is 1. The Kier molecular flexibility index (Phi) is 7.65. The summed E-state index contributed by atoms with van der Waals surface area (Å²) in [5.41, 5.74) is 9.57. The van der Waals surface area contributed by atoms with Crippen molar-refractivity contribution in [3.8, 4) is 11.4 Å². The van der Waals surface area contributed by atoms with Gasteiger partial charge in [-0.25, -0.2) is 14.8 Å². The van der Waals surface area contributed by atoms with E-state index in [0.29, 0.717) is 55.1 Å². The third-order valence-electron chi connectivity index (χ3n) is 7.52. The number of aromatic nitrogens is 4. The largest absolute Gasteiger partial charge is 0.444 e. The highest BCUT2D eigenvalue weighted by Gasteiger charge is 2.38. The predicted octanol–water partition coefficient (Wildman–Crippen LogP) is 3.59. The van der Waals surface area contributed by atoms with Crippen LogP contribution >= 0.6 is 0 Å². The van der Waals surface area contributed by atoms with Gasteiger partial charge in [-0.1, -0.05) is 26.0 Å². The van der Waals surface area contributed by atoms with Crippen LogP contribution in [0.15, 0.2) is 30.5 Å². The Balaban J connectivity index is 1.21. The average Bonchev–Trinajstić information content (AvgIpc) is 3.36. The minimum Gasteiger partial charge on any atom is -0.444 e. The molecule has 2 aromatic heterocycles. The maximum absolute atomic E-state index is 13.4. The molecule has 0 bridgehead atoms. The summed E-state index contributed by atoms with van der Waals surface area (Å²) in [7, 11) is 0. The summed E-state index contributed by atoms with van der Waals surface area (Å²) in [6, 6.07) is 7.25. The van der Waals surface area contributed by atoms with Crippen LogP contribution in [0.5, 0.6) is 0 Å². The van der Waals surface area contributed by atoms with Crippen LogP contribution < -0.4 is 16.4 Å². The molecule has 3 aromatic rings. The number of likely N-dealkylation sites (tertiary alicyclic amines) is 1. The summed E-state index contributed by atoms with van der Waals surface area (Å²) in [6.07, 6.45) is 3.45. The van der Waals surface area contributed by atoms with Crippen LogP contribution in [0.3, 0.4) is 0 Å². The molecule has 42 heavy (non-hydrogen) atoms. The maximum Gasteiger partial charge on any atom is 0.407 e. The van der Waals surface area contributed by atoms with Crippen LogP contribution in [0.25, 0.3) is 11.4 Å². The number of anilines is 2. The second kappa shape index (κ2) is 11.1. The van der Waals surface area contributed by atoms with Crippen molar-refractivity contribution in [2.24, 2.45) is 0 Å². The second-order valence-electron chi connectivity index (χ2n) is 12.6. The van der Waals surface area contributed by atoms with Crippen molar-refractivity contribution in [3.63, 3.8) is 0 Å². The number of nitrogens with one attached hydrogen (secondary N) is 3. The summed E-state index contributed by atoms with van der Waals surface area (Å²) < 4.78 is 5.34. The van der Waals surface area contributed by atoms with E-state index < -0.39 is 11.7 Å². The Bertz CT molecular complexity index is 1520. The number of carbonyl (C=O) groups excluding carboxylic acids is 3. The van der Waals surface area contributed by atoms with Gasteiger partial charge in [-0.05, 0) is 68.7 Å². The topological polar surface area (TPSA) is 168 Å². The first-order valence-corrected chi connectivity index (χ1v) is 14.2. The zero-order valence-corrected chi connectivity index (χ0v) is 24.7. The molecule has 5 rings (SSSR count). The summed E-state index contributed by atoms with van der Waals surface area (Å²) in [4.78, 5) is 48.9. The van der Waals surface area contributed by atoms with E-state index in [9.17, 15) is 14.4 Å². The number of ether oxygens (including phenoxy) is 1. The lowest BCUT2D eigenvalue weighted by Gasteiger charge is -2.33. The smallest absolute Gasteiger partial charge is 0.407 e. The quantitative estimate of drug-likeness (QED) is 0.358. The molecule has 0 spiro atoms. The fourth-order valence-electron chi connectivity index (χ4n) is 5.64. The van der Waals surface area contributed by atoms with E-state index >= 15 is 0 Å². The molecule has 1 saturated heterocycles. The average molecular weight is 575 g/mol. The molecule has 0 radical (unpaired) electrons. The zero-order valence-electron chi connectivity index (χ0n) is 24.7. The molecule has 3 amide bonds. The van der Waals surface area contributed by atoms with E-state index in [4.69, 9.17) is 10.5 Å². The molecule has 1 aliphatic heterocycles. The summed E-state index contributed by atoms with van der Waals surface area (Å²) >= 11 is 0. The molecule has 12 nitrogen and oxygen atoms in total. The van der Waals surface area contributed by atoms with Gasteiger partial charge in [-0.15, -0.1) is 0 Å². The maximum atomic E-state index is 13.4. The van der Waals surface area contributed by atoms with Crippen molar-refractivity contribution in [2.75, 3.05) is 24.1 Å². The first-order valence-electron chi connectivity index (χ1n) is 14.2. The van der Waals surface area contributed by atoms with E-state index in [0.717, 1.165) is 16.7 Å². The molecule has 1 fully saturated rings. The van der Waals surface area contributed by atoms with Gasteiger partial charge in [0.1, 0.15) is 17.0 Å². The Labute approximate surface area is 244 Å². The lowest BCUT2D eigenvalue weighted by atomic mass is 9.73. The van der Waals surface area contributed by atoms with Gasteiger partial charge in [0.25, 0.3) is 5.91 Å². The molecule has 222 valence electrons. The number of hydrogen-bond acceptors (Lipinski definition) is 8. The van der Waals surface area contributed by atoms with Crippen LogP contribution in [-0.4, -0.2) is 67.7 Å². The fraction of sp³-hybridized carbons (Fsp3) is 0.467. The van der Waals surface area contributed by atoms with Crippen molar-refractivity contribution < 1.29 is 19.1 Å². The number of aromatic amines is 1. The van der Waals surface area contributed by atoms with Gasteiger partial charge in [0, 0.05) is 36.6 Å². The molecule has 0 atom stereocenters. The monoisotopic (exact) mass is 574 g/mol. The minimum absolute atomic E-state index is 0.00138. The lowest BCUT2D eigenvalue weighted by molar-refractivity contribution is -0.131. The van der Waals surface area contributed by atoms with Gasteiger partial charge in [-0.2, -0.15) is 5.10 Å². The molecule has 0 saturated carbocycles. The van der Waals surface area contributed by atoms with Crippen LogP contribution in [0.2, 0.25) is 0 Å². The molecule has 1 aliphatic carbocycles. The van der Waals surface area contributed by atoms with Gasteiger partial charge in [0.15, 0.2) is 0 Å². The van der Waals surface area contributed by atoms with Crippen LogP contribution in [0.4, 0.5) is 16.4 Å². The molecular formula is C30H38N8O4. The summed E-state index contributed by atoms with van der Waals surface area (Å²) in [6.45, 7) is 10.7. The van der Waals surface area contributed by atoms with Crippen molar-refractivity contribution >= 4 is 29.5 Å². The normalized spacial score (nSPS) is 16.3. The summed E-state index contributed by atoms with van der Waals surface area (Å²) in [5.74, 6) is -0.176. The molecular weight excluding hydrogens is 536 g/mol. The predicted molar refractivity (Wildman–Crippen MR) is 158 cm³/mol. The number of alkyl carbamates (subject to hydrolysis) is 1. The van der Waals surface area contributed by atoms with Crippen LogP contribution in [0.1, 0.15) is 74.6 Å². The van der Waals surface area contributed by atoms with Crippen molar-refractivity contribution in [3.05, 3.63) is 52.8 Å². The highest BCUT2D eigenvalue weighted by atomic mass is 16.6. The lowest BCUT2D eigenvalue weighted by Crippen LogP contribution is -2.48. The van der Waals surface area contributed by atoms with Gasteiger partial charge in [-0.3, -0.25) is 14.7 Å². The number of nitrogens with zero attached hydrogens (tertiary/aromatic N) is 4. The van der Waals surface area contributed by atoms with Gasteiger partial charge in [0.2, 0.25) is 11.9 Å². The van der Waals surface area contributed by atoms with Crippen LogP contribution in [0, 0.1) is 0 Å². The first-order chi connectivity index (χ1) is 19.8. The van der Waals surface area contributed by atoms with Crippen molar-refractivity contribution in [2.45, 2.75) is 77.4 Å². The standard InChI is InChI=1S/C30H38N8O4/c1-29(2,3)42-28(41)34-19-9-11-38(12-10-19)21(39)14-17-7-6-8-20(13-17)33-26(40)25-22-24(36-37-25)23-18(15-30(22,4)5)16-32-27(31)35-23/h6-8,13,16,19H,9-12,14-15H2,1-5H3,(H,33,40)(H,34,41)(H,36,37)(H2,31,32,35).